The average Bonchev–Trinajstić information content (AvgIpc) is 3.19. The molecule has 34 heavy (non-hydrogen) atoms. The summed E-state index contributed by atoms with van der Waals surface area (Å²) in [7, 11) is 0. The Hall–Kier alpha value is -2.58. The minimum Gasteiger partial charge on any atom is -0.458 e. The van der Waals surface area contributed by atoms with Crippen LogP contribution in [-0.2, 0) is 14.9 Å². The highest BCUT2D eigenvalue weighted by molar-refractivity contribution is 9.10. The van der Waals surface area contributed by atoms with Crippen molar-refractivity contribution in [2.24, 2.45) is 0 Å². The highest BCUT2D eigenvalue weighted by atomic mass is 79.9. The van der Waals surface area contributed by atoms with Crippen LogP contribution in [0.2, 0.25) is 0 Å². The van der Waals surface area contributed by atoms with Gasteiger partial charge in [-0.2, -0.15) is 0 Å². The molecule has 6 nitrogen and oxygen atoms in total. The maximum atomic E-state index is 13.2. The highest BCUT2D eigenvalue weighted by Gasteiger charge is 2.27. The number of aromatic nitrogens is 2. The van der Waals surface area contributed by atoms with Crippen molar-refractivity contribution in [3.8, 4) is 22.5 Å². The molecule has 8 heteroatoms. The van der Waals surface area contributed by atoms with Crippen molar-refractivity contribution in [2.75, 3.05) is 0 Å². The number of esters is 1. The minimum absolute atomic E-state index is 0.125. The second-order valence-corrected chi connectivity index (χ2v) is 12.1. The molecule has 0 spiro atoms. The van der Waals surface area contributed by atoms with E-state index in [4.69, 9.17) is 4.74 Å². The fraction of sp³-hybridized carbons (Fsp3) is 0.385. The number of nitrogens with zero attached hydrogens (tertiary/aromatic N) is 2. The van der Waals surface area contributed by atoms with Crippen LogP contribution in [0.15, 0.2) is 47.2 Å². The predicted molar refractivity (Wildman–Crippen MR) is 140 cm³/mol. The molecular formula is C26H30BrN3O3S. The summed E-state index contributed by atoms with van der Waals surface area (Å²) in [5, 5.41) is 2.81. The molecule has 0 bridgehead atoms. The molecule has 2 heterocycles. The highest BCUT2D eigenvalue weighted by Crippen LogP contribution is 2.38. The van der Waals surface area contributed by atoms with Crippen LogP contribution < -0.4 is 5.32 Å². The van der Waals surface area contributed by atoms with Gasteiger partial charge in [0.05, 0.1) is 9.35 Å². The van der Waals surface area contributed by atoms with Crippen LogP contribution in [0.5, 0.6) is 0 Å². The normalized spacial score (nSPS) is 12.8. The summed E-state index contributed by atoms with van der Waals surface area (Å²) in [5.41, 5.74) is 1.87. The molecule has 0 unspecified atom stereocenters. The predicted octanol–water partition coefficient (Wildman–Crippen LogP) is 6.39. The lowest BCUT2D eigenvalue weighted by molar-refractivity contribution is -0.156. The molecule has 0 saturated heterocycles. The number of halogens is 1. The Morgan fingerprint density at radius 2 is 1.56 bits per heavy atom. The van der Waals surface area contributed by atoms with Gasteiger partial charge in [-0.15, -0.1) is 11.3 Å². The van der Waals surface area contributed by atoms with Crippen molar-refractivity contribution in [3.63, 3.8) is 0 Å². The summed E-state index contributed by atoms with van der Waals surface area (Å²) in [5.74, 6) is -0.136. The van der Waals surface area contributed by atoms with Crippen LogP contribution in [0.1, 0.15) is 63.0 Å². The van der Waals surface area contributed by atoms with Gasteiger partial charge in [-0.05, 0) is 60.7 Å². The summed E-state index contributed by atoms with van der Waals surface area (Å²) < 4.78 is 6.22. The van der Waals surface area contributed by atoms with E-state index in [2.05, 4.69) is 58.1 Å². The van der Waals surface area contributed by atoms with Crippen molar-refractivity contribution in [3.05, 3.63) is 57.0 Å². The Kier molecular flexibility index (Phi) is 7.62. The number of amides is 1. The van der Waals surface area contributed by atoms with Gasteiger partial charge in [0.15, 0.2) is 5.82 Å². The minimum atomic E-state index is -0.767. The molecule has 180 valence electrons. The van der Waals surface area contributed by atoms with Crippen molar-refractivity contribution < 1.29 is 14.3 Å². The van der Waals surface area contributed by atoms with E-state index in [1.807, 2.05) is 24.3 Å². The zero-order valence-corrected chi connectivity index (χ0v) is 22.9. The van der Waals surface area contributed by atoms with Crippen LogP contribution in [0.4, 0.5) is 0 Å². The number of benzene rings is 1. The second-order valence-electron chi connectivity index (χ2n) is 10.1. The first-order valence-electron chi connectivity index (χ1n) is 11.0. The standard InChI is InChI=1S/C26H30BrN3O3S/c1-15(24(32)33-26(5,6)7)30-23(31)21-19(12-20(34-21)25(2,3)4)16-8-10-17(11-9-16)22-28-13-18(27)14-29-22/h8-15H,1-7H3,(H,30,31)/t15-/m0/s1. The van der Waals surface area contributed by atoms with Gasteiger partial charge in [-0.3, -0.25) is 4.79 Å². The quantitative estimate of drug-likeness (QED) is 0.377. The second kappa shape index (κ2) is 9.96. The number of thiophene rings is 1. The van der Waals surface area contributed by atoms with Gasteiger partial charge in [0.2, 0.25) is 0 Å². The van der Waals surface area contributed by atoms with E-state index in [1.165, 1.54) is 11.3 Å². The number of rotatable bonds is 5. The third kappa shape index (κ3) is 6.51. The molecule has 3 aromatic rings. The van der Waals surface area contributed by atoms with Gasteiger partial charge in [-0.1, -0.05) is 45.0 Å². The zero-order valence-electron chi connectivity index (χ0n) is 20.5. The summed E-state index contributed by atoms with van der Waals surface area (Å²) >= 11 is 4.79. The lowest BCUT2D eigenvalue weighted by atomic mass is 9.93. The van der Waals surface area contributed by atoms with Crippen molar-refractivity contribution in [2.45, 2.75) is 65.5 Å². The van der Waals surface area contributed by atoms with Gasteiger partial charge >= 0.3 is 5.97 Å². The first kappa shape index (κ1) is 26.0. The molecule has 0 radical (unpaired) electrons. The summed E-state index contributed by atoms with van der Waals surface area (Å²) in [6.07, 6.45) is 3.41. The van der Waals surface area contributed by atoms with E-state index in [1.54, 1.807) is 40.1 Å². The Morgan fingerprint density at radius 3 is 2.09 bits per heavy atom. The summed E-state index contributed by atoms with van der Waals surface area (Å²) in [6.45, 7) is 13.4. The Morgan fingerprint density at radius 1 is 1.00 bits per heavy atom. The van der Waals surface area contributed by atoms with E-state index < -0.39 is 17.6 Å². The van der Waals surface area contributed by atoms with Crippen LogP contribution in [-0.4, -0.2) is 33.5 Å². The first-order chi connectivity index (χ1) is 15.7. The molecule has 0 saturated carbocycles. The number of ether oxygens (including phenoxy) is 1. The lowest BCUT2D eigenvalue weighted by Gasteiger charge is -2.22. The molecule has 0 aliphatic heterocycles. The van der Waals surface area contributed by atoms with Crippen LogP contribution in [0.3, 0.4) is 0 Å². The maximum Gasteiger partial charge on any atom is 0.328 e. The fourth-order valence-corrected chi connectivity index (χ4v) is 4.46. The number of carbonyl (C=O) groups excluding carboxylic acids is 2. The molecule has 1 aromatic carbocycles. The SMILES string of the molecule is C[C@H](NC(=O)c1sc(C(C)(C)C)cc1-c1ccc(-c2ncc(Br)cn2)cc1)C(=O)OC(C)(C)C. The van der Waals surface area contributed by atoms with Gasteiger partial charge in [0.1, 0.15) is 11.6 Å². The number of hydrogen-bond acceptors (Lipinski definition) is 6. The topological polar surface area (TPSA) is 81.2 Å². The number of hydrogen-bond donors (Lipinski definition) is 1. The lowest BCUT2D eigenvalue weighted by Crippen LogP contribution is -2.42. The molecule has 0 fully saturated rings. The Balaban J connectivity index is 1.92. The largest absolute Gasteiger partial charge is 0.458 e. The smallest absolute Gasteiger partial charge is 0.328 e. The Bertz CT molecular complexity index is 1170. The van der Waals surface area contributed by atoms with Crippen molar-refractivity contribution in [1.82, 2.24) is 15.3 Å². The van der Waals surface area contributed by atoms with Gasteiger partial charge in [-0.25, -0.2) is 14.8 Å². The molecule has 0 aliphatic rings. The van der Waals surface area contributed by atoms with E-state index in [0.29, 0.717) is 10.7 Å². The molecule has 1 atom stereocenters. The maximum absolute atomic E-state index is 13.2. The molecule has 1 N–H and O–H groups in total. The molecule has 3 rings (SSSR count). The van der Waals surface area contributed by atoms with Crippen LogP contribution in [0.25, 0.3) is 22.5 Å². The number of carbonyl (C=O) groups is 2. The monoisotopic (exact) mass is 543 g/mol. The van der Waals surface area contributed by atoms with Crippen LogP contribution in [0, 0.1) is 0 Å². The molecule has 2 aromatic heterocycles. The molecule has 0 aliphatic carbocycles. The number of nitrogens with one attached hydrogen (secondary N) is 1. The first-order valence-corrected chi connectivity index (χ1v) is 12.6. The van der Waals surface area contributed by atoms with Gasteiger partial charge < -0.3 is 10.1 Å². The fourth-order valence-electron chi connectivity index (χ4n) is 3.12. The third-order valence-electron chi connectivity index (χ3n) is 4.86. The van der Waals surface area contributed by atoms with Crippen molar-refractivity contribution >= 4 is 39.1 Å². The summed E-state index contributed by atoms with van der Waals surface area (Å²) in [4.78, 5) is 36.0. The Labute approximate surface area is 213 Å². The zero-order chi connectivity index (χ0) is 25.3. The van der Waals surface area contributed by atoms with E-state index >= 15 is 0 Å². The third-order valence-corrected chi connectivity index (χ3v) is 6.83. The average molecular weight is 545 g/mol. The molecule has 1 amide bonds. The molecular weight excluding hydrogens is 514 g/mol. The van der Waals surface area contributed by atoms with Crippen molar-refractivity contribution in [1.29, 1.82) is 0 Å². The van der Waals surface area contributed by atoms with Gasteiger partial charge in [0.25, 0.3) is 5.91 Å². The van der Waals surface area contributed by atoms with Gasteiger partial charge in [0, 0.05) is 28.4 Å². The summed E-state index contributed by atoms with van der Waals surface area (Å²) in [6, 6.07) is 9.10. The van der Waals surface area contributed by atoms with E-state index in [9.17, 15) is 9.59 Å². The van der Waals surface area contributed by atoms with E-state index in [-0.39, 0.29) is 11.3 Å². The van der Waals surface area contributed by atoms with Crippen LogP contribution >= 0.6 is 27.3 Å². The van der Waals surface area contributed by atoms with E-state index in [0.717, 1.165) is 26.0 Å².